The van der Waals surface area contributed by atoms with E-state index in [0.29, 0.717) is 15.6 Å². The first-order valence-electron chi connectivity index (χ1n) is 10.5. The molecule has 0 fully saturated rings. The van der Waals surface area contributed by atoms with Gasteiger partial charge < -0.3 is 0 Å². The Balaban J connectivity index is 0.000000289. The number of rotatable bonds is 3. The zero-order chi connectivity index (χ0) is 26.2. The molecule has 3 nitrogen and oxygen atoms in total. The third kappa shape index (κ3) is 8.76. The van der Waals surface area contributed by atoms with Gasteiger partial charge in [-0.2, -0.15) is 18.3 Å². The predicted molar refractivity (Wildman–Crippen MR) is 130 cm³/mol. The number of benzene rings is 2. The van der Waals surface area contributed by atoms with Crippen LogP contribution in [0.15, 0.2) is 42.6 Å². The molecule has 0 unspecified atom stereocenters. The van der Waals surface area contributed by atoms with Crippen LogP contribution in [-0.4, -0.2) is 15.6 Å². The second kappa shape index (κ2) is 12.9. The molecule has 1 heterocycles. The Morgan fingerprint density at radius 3 is 2.15 bits per heavy atom. The summed E-state index contributed by atoms with van der Waals surface area (Å²) in [6.45, 7) is 9.46. The second-order valence-corrected chi connectivity index (χ2v) is 8.78. The van der Waals surface area contributed by atoms with Crippen LogP contribution < -0.4 is 0 Å². The first-order valence-corrected chi connectivity index (χ1v) is 11.3. The highest BCUT2D eigenvalue weighted by Crippen LogP contribution is 2.31. The molecule has 0 saturated heterocycles. The average Bonchev–Trinajstić information content (AvgIpc) is 3.16. The van der Waals surface area contributed by atoms with Crippen molar-refractivity contribution >= 4 is 29.0 Å². The minimum absolute atomic E-state index is 0.219. The number of carbonyl (C=O) groups is 1. The summed E-state index contributed by atoms with van der Waals surface area (Å²) in [6.07, 6.45) is -2.20. The molecule has 1 aromatic heterocycles. The van der Waals surface area contributed by atoms with Gasteiger partial charge in [0.25, 0.3) is 0 Å². The smallest absolute Gasteiger partial charge is 0.294 e. The maximum atomic E-state index is 13.4. The Kier molecular flexibility index (Phi) is 11.3. The summed E-state index contributed by atoms with van der Waals surface area (Å²) in [5.41, 5.74) is 0.795. The first-order chi connectivity index (χ1) is 15.7. The van der Waals surface area contributed by atoms with Crippen molar-refractivity contribution in [3.63, 3.8) is 0 Å². The lowest BCUT2D eigenvalue weighted by Crippen LogP contribution is -2.11. The van der Waals surface area contributed by atoms with Crippen molar-refractivity contribution in [3.05, 3.63) is 75.3 Å². The van der Waals surface area contributed by atoms with E-state index >= 15 is 0 Å². The Morgan fingerprint density at radius 1 is 1.12 bits per heavy atom. The summed E-state index contributed by atoms with van der Waals surface area (Å²) in [5.74, 6) is 0.0268. The number of hydrogen-bond acceptors (Lipinski definition) is 2. The van der Waals surface area contributed by atoms with Gasteiger partial charge in [-0.1, -0.05) is 68.6 Å². The number of Topliss-reactive ketones (excluding diaryl/α,β-unsaturated/α-hetero) is 1. The summed E-state index contributed by atoms with van der Waals surface area (Å²) in [5, 5.41) is 4.15. The van der Waals surface area contributed by atoms with Crippen LogP contribution in [0, 0.1) is 18.7 Å². The number of halogens is 6. The molecule has 0 aliphatic heterocycles. The van der Waals surface area contributed by atoms with Gasteiger partial charge in [0.15, 0.2) is 11.5 Å². The molecule has 0 aliphatic carbocycles. The molecule has 0 bridgehead atoms. The van der Waals surface area contributed by atoms with Crippen LogP contribution in [0.2, 0.25) is 10.0 Å². The number of aromatic nitrogens is 2. The zero-order valence-electron chi connectivity index (χ0n) is 19.9. The van der Waals surface area contributed by atoms with E-state index in [1.54, 1.807) is 25.1 Å². The van der Waals surface area contributed by atoms with Crippen molar-refractivity contribution in [1.82, 2.24) is 9.78 Å². The molecule has 0 aliphatic rings. The molecule has 186 valence electrons. The highest BCUT2D eigenvalue weighted by atomic mass is 35.5. The lowest BCUT2D eigenvalue weighted by atomic mass is 10.0. The van der Waals surface area contributed by atoms with Crippen LogP contribution in [-0.2, 0) is 13.2 Å². The van der Waals surface area contributed by atoms with Crippen LogP contribution in [0.3, 0.4) is 0 Å². The van der Waals surface area contributed by atoms with E-state index in [1.165, 1.54) is 19.5 Å². The van der Waals surface area contributed by atoms with Gasteiger partial charge in [-0.25, -0.2) is 4.39 Å². The number of hydrogen-bond donors (Lipinski definition) is 0. The molecule has 0 spiro atoms. The van der Waals surface area contributed by atoms with Crippen LogP contribution in [0.4, 0.5) is 17.6 Å². The van der Waals surface area contributed by atoms with E-state index in [2.05, 4.69) is 25.9 Å². The summed E-state index contributed by atoms with van der Waals surface area (Å²) in [4.78, 5) is 10.8. The summed E-state index contributed by atoms with van der Waals surface area (Å²) >= 11 is 11.8. The third-order valence-corrected chi connectivity index (χ3v) is 5.53. The Labute approximate surface area is 207 Å². The predicted octanol–water partition coefficient (Wildman–Crippen LogP) is 8.80. The largest absolute Gasteiger partial charge is 0.435 e. The van der Waals surface area contributed by atoms with Gasteiger partial charge in [0.2, 0.25) is 0 Å². The molecule has 34 heavy (non-hydrogen) atoms. The monoisotopic (exact) mass is 518 g/mol. The van der Waals surface area contributed by atoms with E-state index in [-0.39, 0.29) is 5.82 Å². The highest BCUT2D eigenvalue weighted by Gasteiger charge is 2.38. The molecule has 3 aromatic rings. The minimum Gasteiger partial charge on any atom is -0.294 e. The van der Waals surface area contributed by atoms with Gasteiger partial charge in [0.05, 0.1) is 15.6 Å². The van der Waals surface area contributed by atoms with E-state index < -0.39 is 23.2 Å². The molecular formula is C25H28Cl2F4N2O. The first kappa shape index (κ1) is 29.7. The topological polar surface area (TPSA) is 34.9 Å². The van der Waals surface area contributed by atoms with Crippen molar-refractivity contribution in [2.75, 3.05) is 0 Å². The van der Waals surface area contributed by atoms with Crippen molar-refractivity contribution in [1.29, 1.82) is 0 Å². The summed E-state index contributed by atoms with van der Waals surface area (Å²) < 4.78 is 50.9. The molecule has 2 aromatic carbocycles. The fourth-order valence-electron chi connectivity index (χ4n) is 2.54. The van der Waals surface area contributed by atoms with Gasteiger partial charge in [0.1, 0.15) is 5.82 Å². The van der Waals surface area contributed by atoms with Crippen LogP contribution >= 0.6 is 23.2 Å². The lowest BCUT2D eigenvalue weighted by Gasteiger charge is -2.07. The number of aryl methyl sites for hydroxylation is 1. The minimum atomic E-state index is -4.57. The Hall–Kier alpha value is -2.38. The number of carbonyl (C=O) groups excluding carboxylic acids is 1. The van der Waals surface area contributed by atoms with E-state index in [9.17, 15) is 22.4 Å². The number of alkyl halides is 3. The fraction of sp³-hybridized carbons (Fsp3) is 0.360. The van der Waals surface area contributed by atoms with Gasteiger partial charge >= 0.3 is 6.18 Å². The third-order valence-electron chi connectivity index (χ3n) is 4.79. The fourth-order valence-corrected chi connectivity index (χ4v) is 2.84. The van der Waals surface area contributed by atoms with Crippen LogP contribution in [0.5, 0.6) is 0 Å². The summed E-state index contributed by atoms with van der Waals surface area (Å²) in [7, 11) is 1.34. The lowest BCUT2D eigenvalue weighted by molar-refractivity contribution is -0.141. The normalized spacial score (nSPS) is 10.9. The molecule has 0 radical (unpaired) electrons. The van der Waals surface area contributed by atoms with Gasteiger partial charge in [-0.15, -0.1) is 0 Å². The number of ketones is 1. The highest BCUT2D eigenvalue weighted by molar-refractivity contribution is 6.42. The Bertz CT molecular complexity index is 1110. The molecule has 0 atom stereocenters. The quantitative estimate of drug-likeness (QED) is 0.256. The molecule has 0 saturated carbocycles. The van der Waals surface area contributed by atoms with Gasteiger partial charge in [-0.05, 0) is 54.7 Å². The van der Waals surface area contributed by atoms with Crippen molar-refractivity contribution in [2.24, 2.45) is 13.0 Å². The molecule has 0 N–H and O–H groups in total. The maximum absolute atomic E-state index is 13.4. The van der Waals surface area contributed by atoms with Gasteiger partial charge in [-0.3, -0.25) is 9.48 Å². The SMILES string of the molecule is CC(=O)c1cn(C)nc1C(F)(F)F.CCC(C)C.Cc1c(F)cccc1-c1ccc(Cl)c(Cl)c1. The maximum Gasteiger partial charge on any atom is 0.435 e. The molecule has 9 heteroatoms. The van der Waals surface area contributed by atoms with Crippen LogP contribution in [0.1, 0.15) is 55.7 Å². The van der Waals surface area contributed by atoms with E-state index in [4.69, 9.17) is 23.2 Å². The second-order valence-electron chi connectivity index (χ2n) is 7.96. The standard InChI is InChI=1S/C13H9Cl2F.C7H7F3N2O.C5H12/c1-8-10(3-2-4-13(8)16)9-5-6-11(14)12(15)7-9;1-4(13)5-3-12(2)11-6(5)7(8,9)10;1-4-5(2)3/h2-7H,1H3;3H,1-2H3;5H,4H2,1-3H3. The van der Waals surface area contributed by atoms with Crippen LogP contribution in [0.25, 0.3) is 11.1 Å². The zero-order valence-corrected chi connectivity index (χ0v) is 21.4. The van der Waals surface area contributed by atoms with Crippen molar-refractivity contribution < 1.29 is 22.4 Å². The molecule has 0 amide bonds. The Morgan fingerprint density at radius 2 is 1.71 bits per heavy atom. The van der Waals surface area contributed by atoms with Gasteiger partial charge in [0, 0.05) is 13.2 Å². The molecular weight excluding hydrogens is 491 g/mol. The van der Waals surface area contributed by atoms with Crippen molar-refractivity contribution in [3.8, 4) is 11.1 Å². The number of nitrogens with zero attached hydrogens (tertiary/aromatic N) is 2. The molecule has 3 rings (SSSR count). The average molecular weight is 519 g/mol. The van der Waals surface area contributed by atoms with E-state index in [1.807, 2.05) is 12.1 Å². The summed E-state index contributed by atoms with van der Waals surface area (Å²) in [6, 6.07) is 10.3. The van der Waals surface area contributed by atoms with Crippen molar-refractivity contribution in [2.45, 2.75) is 47.2 Å². The van der Waals surface area contributed by atoms with E-state index in [0.717, 1.165) is 34.8 Å².